The van der Waals surface area contributed by atoms with Crippen LogP contribution in [0.3, 0.4) is 0 Å². The number of carboxylic acid groups (broad SMARTS) is 1. The van der Waals surface area contributed by atoms with E-state index < -0.39 is 23.6 Å². The number of anilines is 2. The third-order valence-electron chi connectivity index (χ3n) is 6.23. The summed E-state index contributed by atoms with van der Waals surface area (Å²) in [4.78, 5) is 28.7. The average molecular weight is 495 g/mol. The van der Waals surface area contributed by atoms with E-state index in [-0.39, 0.29) is 5.78 Å². The van der Waals surface area contributed by atoms with Crippen molar-refractivity contribution in [2.45, 2.75) is 19.3 Å². The number of ketones is 1. The van der Waals surface area contributed by atoms with Gasteiger partial charge in [0, 0.05) is 16.5 Å². The molecule has 4 aromatic rings. The summed E-state index contributed by atoms with van der Waals surface area (Å²) in [7, 11) is 0. The van der Waals surface area contributed by atoms with E-state index in [4.69, 9.17) is 11.6 Å². The van der Waals surface area contributed by atoms with Crippen LogP contribution >= 0.6 is 22.9 Å². The van der Waals surface area contributed by atoms with Gasteiger partial charge in [0.15, 0.2) is 10.9 Å². The molecule has 0 spiro atoms. The zero-order valence-electron chi connectivity index (χ0n) is 17.9. The van der Waals surface area contributed by atoms with Crippen LogP contribution in [0.2, 0.25) is 5.02 Å². The average Bonchev–Trinajstić information content (AvgIpc) is 3.47. The van der Waals surface area contributed by atoms with Crippen LogP contribution in [0.25, 0.3) is 21.3 Å². The number of carboxylic acids is 1. The van der Waals surface area contributed by atoms with Crippen LogP contribution in [-0.2, 0) is 4.79 Å². The summed E-state index contributed by atoms with van der Waals surface area (Å²) >= 11 is 7.41. The van der Waals surface area contributed by atoms with Gasteiger partial charge in [-0.2, -0.15) is 0 Å². The van der Waals surface area contributed by atoms with Crippen LogP contribution in [0.4, 0.5) is 15.2 Å². The molecule has 1 saturated carbocycles. The van der Waals surface area contributed by atoms with E-state index in [1.165, 1.54) is 17.4 Å². The lowest BCUT2D eigenvalue weighted by Crippen LogP contribution is -2.25. The second kappa shape index (κ2) is 9.16. The van der Waals surface area contributed by atoms with Crippen LogP contribution in [0.5, 0.6) is 0 Å². The van der Waals surface area contributed by atoms with Gasteiger partial charge in [0.05, 0.1) is 21.8 Å². The zero-order chi connectivity index (χ0) is 23.8. The van der Waals surface area contributed by atoms with Crippen LogP contribution < -0.4 is 5.32 Å². The number of halogens is 2. The first kappa shape index (κ1) is 22.5. The molecule has 1 aromatic heterocycles. The minimum Gasteiger partial charge on any atom is -0.481 e. The lowest BCUT2D eigenvalue weighted by Gasteiger charge is -2.15. The number of fused-ring (bicyclic) bond motifs is 1. The molecule has 1 aliphatic rings. The van der Waals surface area contributed by atoms with Crippen molar-refractivity contribution >= 4 is 55.7 Å². The summed E-state index contributed by atoms with van der Waals surface area (Å²) < 4.78 is 15.8. The molecule has 5 rings (SSSR count). The number of aromatic nitrogens is 1. The van der Waals surface area contributed by atoms with E-state index >= 15 is 0 Å². The number of aliphatic carboxylic acids is 1. The van der Waals surface area contributed by atoms with Gasteiger partial charge in [-0.05, 0) is 54.3 Å². The van der Waals surface area contributed by atoms with E-state index in [2.05, 4.69) is 10.3 Å². The smallest absolute Gasteiger partial charge is 0.307 e. The van der Waals surface area contributed by atoms with E-state index in [1.54, 1.807) is 42.5 Å². The number of hydrogen-bond acceptors (Lipinski definition) is 5. The molecule has 172 valence electrons. The summed E-state index contributed by atoms with van der Waals surface area (Å²) in [5.41, 5.74) is 3.01. The number of nitrogens with one attached hydrogen (secondary N) is 1. The molecule has 1 fully saturated rings. The monoisotopic (exact) mass is 494 g/mol. The topological polar surface area (TPSA) is 79.3 Å². The lowest BCUT2D eigenvalue weighted by atomic mass is 9.88. The fraction of sp³-hybridized carbons (Fsp3) is 0.192. The quantitative estimate of drug-likeness (QED) is 0.277. The van der Waals surface area contributed by atoms with Crippen molar-refractivity contribution in [1.82, 2.24) is 4.98 Å². The Morgan fingerprint density at radius 3 is 2.47 bits per heavy atom. The first-order valence-corrected chi connectivity index (χ1v) is 12.1. The number of hydrogen-bond donors (Lipinski definition) is 2. The van der Waals surface area contributed by atoms with E-state index in [0.29, 0.717) is 39.8 Å². The van der Waals surface area contributed by atoms with E-state index in [9.17, 15) is 19.1 Å². The van der Waals surface area contributed by atoms with E-state index in [0.717, 1.165) is 22.2 Å². The summed E-state index contributed by atoms with van der Waals surface area (Å²) in [6.07, 6.45) is 1.88. The van der Waals surface area contributed by atoms with Gasteiger partial charge in [-0.15, -0.1) is 0 Å². The molecule has 3 aromatic carbocycles. The number of benzene rings is 3. The second-order valence-corrected chi connectivity index (χ2v) is 9.84. The minimum atomic E-state index is -0.911. The minimum absolute atomic E-state index is 0.140. The first-order valence-electron chi connectivity index (χ1n) is 10.9. The molecule has 34 heavy (non-hydrogen) atoms. The Morgan fingerprint density at radius 1 is 1.00 bits per heavy atom. The Morgan fingerprint density at radius 2 is 1.74 bits per heavy atom. The summed E-state index contributed by atoms with van der Waals surface area (Å²) in [5.74, 6) is -2.57. The van der Waals surface area contributed by atoms with Gasteiger partial charge in [-0.25, -0.2) is 9.37 Å². The molecule has 2 atom stereocenters. The molecule has 1 heterocycles. The number of carbonyl (C=O) groups excluding carboxylic acids is 1. The summed E-state index contributed by atoms with van der Waals surface area (Å²) in [6.45, 7) is 0. The van der Waals surface area contributed by atoms with Crippen LogP contribution in [0, 0.1) is 17.7 Å². The molecule has 0 radical (unpaired) electrons. The van der Waals surface area contributed by atoms with Crippen molar-refractivity contribution in [3.63, 3.8) is 0 Å². The van der Waals surface area contributed by atoms with Gasteiger partial charge in [0.2, 0.25) is 0 Å². The van der Waals surface area contributed by atoms with Gasteiger partial charge < -0.3 is 10.4 Å². The maximum atomic E-state index is 14.9. The molecule has 1 aliphatic carbocycles. The predicted molar refractivity (Wildman–Crippen MR) is 133 cm³/mol. The lowest BCUT2D eigenvalue weighted by molar-refractivity contribution is -0.142. The summed E-state index contributed by atoms with van der Waals surface area (Å²) in [5, 5.41) is 13.6. The third kappa shape index (κ3) is 4.41. The molecule has 0 saturated heterocycles. The maximum Gasteiger partial charge on any atom is 0.307 e. The number of thiazole rings is 1. The Kier molecular flexibility index (Phi) is 6.06. The number of nitrogens with zero attached hydrogens (tertiary/aromatic N) is 1. The number of rotatable bonds is 6. The highest BCUT2D eigenvalue weighted by Crippen LogP contribution is 2.35. The fourth-order valence-electron chi connectivity index (χ4n) is 4.47. The Hall–Kier alpha value is -3.29. The normalized spacial score (nSPS) is 17.7. The Labute approximate surface area is 204 Å². The summed E-state index contributed by atoms with van der Waals surface area (Å²) in [6, 6.07) is 17.2. The van der Waals surface area contributed by atoms with E-state index in [1.807, 2.05) is 12.1 Å². The van der Waals surface area contributed by atoms with Gasteiger partial charge >= 0.3 is 5.97 Å². The highest BCUT2D eigenvalue weighted by molar-refractivity contribution is 7.22. The first-order chi connectivity index (χ1) is 16.4. The predicted octanol–water partition coefficient (Wildman–Crippen LogP) is 7.18. The van der Waals surface area contributed by atoms with Gasteiger partial charge in [-0.1, -0.05) is 59.7 Å². The Balaban J connectivity index is 1.32. The number of Topliss-reactive ketones (excluding diaryl/α,β-unsaturated/α-hetero) is 1. The molecular formula is C26H20ClFN2O3S. The van der Waals surface area contributed by atoms with Crippen molar-refractivity contribution in [1.29, 1.82) is 0 Å². The van der Waals surface area contributed by atoms with Crippen LogP contribution in [0.15, 0.2) is 60.7 Å². The van der Waals surface area contributed by atoms with Crippen molar-refractivity contribution in [3.05, 3.63) is 77.1 Å². The third-order valence-corrected chi connectivity index (χ3v) is 7.40. The van der Waals surface area contributed by atoms with Crippen molar-refractivity contribution < 1.29 is 19.1 Å². The molecule has 0 bridgehead atoms. The molecular weight excluding hydrogens is 475 g/mol. The van der Waals surface area contributed by atoms with Crippen molar-refractivity contribution in [2.24, 2.45) is 11.8 Å². The van der Waals surface area contributed by atoms with Crippen LogP contribution in [-0.4, -0.2) is 21.8 Å². The largest absolute Gasteiger partial charge is 0.481 e. The fourth-order valence-corrected chi connectivity index (χ4v) is 5.63. The van der Waals surface area contributed by atoms with Crippen molar-refractivity contribution in [3.8, 4) is 11.1 Å². The Bertz CT molecular complexity index is 1400. The molecule has 2 N–H and O–H groups in total. The highest BCUT2D eigenvalue weighted by atomic mass is 35.5. The van der Waals surface area contributed by atoms with Crippen LogP contribution in [0.1, 0.15) is 29.6 Å². The van der Waals surface area contributed by atoms with Gasteiger partial charge in [0.1, 0.15) is 5.82 Å². The molecule has 0 amide bonds. The molecule has 2 unspecified atom stereocenters. The SMILES string of the molecule is O=C(O)C1CCCC1C(=O)c1ccc(-c2ccc(Nc3nc4ccc(Cl)cc4s3)c(F)c2)cc1. The molecule has 0 aliphatic heterocycles. The molecule has 8 heteroatoms. The van der Waals surface area contributed by atoms with Gasteiger partial charge in [0.25, 0.3) is 0 Å². The standard InChI is InChI=1S/C26H20ClFN2O3S/c27-17-9-11-22-23(13-17)34-26(30-22)29-21-10-8-16(12-20(21)28)14-4-6-15(7-5-14)24(31)18-2-1-3-19(18)25(32)33/h4-13,18-19H,1-3H2,(H,29,30)(H,32,33). The zero-order valence-corrected chi connectivity index (χ0v) is 19.5. The highest BCUT2D eigenvalue weighted by Gasteiger charge is 2.37. The van der Waals surface area contributed by atoms with Gasteiger partial charge in [-0.3, -0.25) is 9.59 Å². The van der Waals surface area contributed by atoms with Crippen molar-refractivity contribution in [2.75, 3.05) is 5.32 Å². The molecule has 5 nitrogen and oxygen atoms in total. The maximum absolute atomic E-state index is 14.9. The number of carbonyl (C=O) groups is 2. The second-order valence-electron chi connectivity index (χ2n) is 8.37.